The number of benzene rings is 1. The van der Waals surface area contributed by atoms with Gasteiger partial charge in [-0.05, 0) is 23.9 Å². The minimum absolute atomic E-state index is 0.212. The lowest BCUT2D eigenvalue weighted by Crippen LogP contribution is -2.27. The highest BCUT2D eigenvalue weighted by Crippen LogP contribution is 2.45. The van der Waals surface area contributed by atoms with Gasteiger partial charge in [0.05, 0.1) is 6.10 Å². The summed E-state index contributed by atoms with van der Waals surface area (Å²) in [6, 6.07) is 10.5. The Labute approximate surface area is 105 Å². The van der Waals surface area contributed by atoms with Crippen LogP contribution >= 0.6 is 0 Å². The Morgan fingerprint density at radius 2 is 1.88 bits per heavy atom. The summed E-state index contributed by atoms with van der Waals surface area (Å²) in [5.41, 5.74) is 1.29. The molecular weight excluding hydrogens is 224 g/mol. The van der Waals surface area contributed by atoms with Gasteiger partial charge in [0.2, 0.25) is 8.32 Å². The summed E-state index contributed by atoms with van der Waals surface area (Å²) < 4.78 is 6.34. The maximum absolute atomic E-state index is 6.34. The molecule has 0 bridgehead atoms. The molecule has 17 heavy (non-hydrogen) atoms. The summed E-state index contributed by atoms with van der Waals surface area (Å²) in [7, 11) is -1.71. The van der Waals surface area contributed by atoms with Crippen LogP contribution in [0, 0.1) is 5.92 Å². The first kappa shape index (κ1) is 12.3. The van der Waals surface area contributed by atoms with E-state index in [1.807, 2.05) is 12.1 Å². The summed E-state index contributed by atoms with van der Waals surface area (Å²) >= 11 is 0. The van der Waals surface area contributed by atoms with E-state index in [-0.39, 0.29) is 6.10 Å². The van der Waals surface area contributed by atoms with Crippen molar-refractivity contribution in [2.45, 2.75) is 26.1 Å². The Balaban J connectivity index is 2.36. The normalized spacial score (nSPS) is 29.5. The minimum atomic E-state index is -1.71. The molecule has 0 N–H and O–H groups in total. The molecule has 0 saturated carbocycles. The summed E-state index contributed by atoms with van der Waals surface area (Å²) in [5.74, 6) is 0.456. The third kappa shape index (κ3) is 2.28. The summed E-state index contributed by atoms with van der Waals surface area (Å²) in [6.45, 7) is 10.6. The molecule has 0 amide bonds. The van der Waals surface area contributed by atoms with Gasteiger partial charge in [-0.1, -0.05) is 56.0 Å². The van der Waals surface area contributed by atoms with E-state index in [4.69, 9.17) is 4.43 Å². The topological polar surface area (TPSA) is 9.23 Å². The SMILES string of the molecule is C=C/C=C1/[C@H](C)[C@@H](c2ccccc2)O[Si]1(C)C. The highest BCUT2D eigenvalue weighted by Gasteiger charge is 2.44. The quantitative estimate of drug-likeness (QED) is 0.707. The van der Waals surface area contributed by atoms with Crippen LogP contribution in [0.4, 0.5) is 0 Å². The van der Waals surface area contributed by atoms with Crippen molar-refractivity contribution in [2.75, 3.05) is 0 Å². The first-order chi connectivity index (χ1) is 8.06. The largest absolute Gasteiger partial charge is 0.406 e. The van der Waals surface area contributed by atoms with E-state index in [9.17, 15) is 0 Å². The Bertz CT molecular complexity index is 433. The van der Waals surface area contributed by atoms with Crippen LogP contribution in [0.3, 0.4) is 0 Å². The van der Waals surface area contributed by atoms with Crippen LogP contribution in [-0.2, 0) is 4.43 Å². The minimum Gasteiger partial charge on any atom is -0.406 e. The van der Waals surface area contributed by atoms with Crippen molar-refractivity contribution in [2.24, 2.45) is 5.92 Å². The van der Waals surface area contributed by atoms with Crippen LogP contribution in [0.1, 0.15) is 18.6 Å². The Morgan fingerprint density at radius 3 is 2.47 bits per heavy atom. The Kier molecular flexibility index (Phi) is 3.36. The van der Waals surface area contributed by atoms with E-state index < -0.39 is 8.32 Å². The van der Waals surface area contributed by atoms with Crippen LogP contribution in [0.15, 0.2) is 54.3 Å². The van der Waals surface area contributed by atoms with Crippen LogP contribution in [0.25, 0.3) is 0 Å². The molecule has 1 aliphatic rings. The zero-order valence-electron chi connectivity index (χ0n) is 10.8. The van der Waals surface area contributed by atoms with Crippen molar-refractivity contribution in [3.8, 4) is 0 Å². The van der Waals surface area contributed by atoms with Gasteiger partial charge in [0.1, 0.15) is 0 Å². The lowest BCUT2D eigenvalue weighted by molar-refractivity contribution is 0.192. The van der Waals surface area contributed by atoms with Crippen molar-refractivity contribution in [1.82, 2.24) is 0 Å². The highest BCUT2D eigenvalue weighted by atomic mass is 28.4. The van der Waals surface area contributed by atoms with Crippen molar-refractivity contribution >= 4 is 8.32 Å². The van der Waals surface area contributed by atoms with Gasteiger partial charge in [0.25, 0.3) is 0 Å². The zero-order valence-corrected chi connectivity index (χ0v) is 11.8. The molecule has 1 fully saturated rings. The Morgan fingerprint density at radius 1 is 1.24 bits per heavy atom. The fourth-order valence-electron chi connectivity index (χ4n) is 2.68. The number of hydrogen-bond acceptors (Lipinski definition) is 1. The smallest absolute Gasteiger partial charge is 0.215 e. The summed E-state index contributed by atoms with van der Waals surface area (Å²) in [4.78, 5) is 0. The standard InChI is InChI=1S/C15H20OSi/c1-5-9-14-12(2)15(16-17(14,3)4)13-10-7-6-8-11-13/h5-12,15H,1H2,2-4H3/b14-9-/t12-,15-/m0/s1. The van der Waals surface area contributed by atoms with E-state index in [1.54, 1.807) is 0 Å². The molecular formula is C15H20OSi. The predicted molar refractivity (Wildman–Crippen MR) is 75.2 cm³/mol. The summed E-state index contributed by atoms with van der Waals surface area (Å²) in [5, 5.41) is 1.46. The van der Waals surface area contributed by atoms with Gasteiger partial charge >= 0.3 is 0 Å². The molecule has 0 aromatic heterocycles. The second-order valence-electron chi connectivity index (χ2n) is 5.11. The maximum Gasteiger partial charge on any atom is 0.215 e. The first-order valence-electron chi connectivity index (χ1n) is 6.12. The van der Waals surface area contributed by atoms with E-state index in [1.165, 1.54) is 10.8 Å². The third-order valence-corrected chi connectivity index (χ3v) is 6.34. The third-order valence-electron chi connectivity index (χ3n) is 3.49. The van der Waals surface area contributed by atoms with Crippen molar-refractivity contribution in [3.05, 3.63) is 59.8 Å². The molecule has 2 rings (SSSR count). The van der Waals surface area contributed by atoms with Crippen LogP contribution in [0.5, 0.6) is 0 Å². The van der Waals surface area contributed by atoms with E-state index in [2.05, 4.69) is 56.9 Å². The molecule has 1 aromatic carbocycles. The monoisotopic (exact) mass is 244 g/mol. The zero-order chi connectivity index (χ0) is 12.5. The molecule has 1 aromatic rings. The lowest BCUT2D eigenvalue weighted by atomic mass is 9.97. The Hall–Kier alpha value is -1.12. The van der Waals surface area contributed by atoms with Gasteiger partial charge in [-0.2, -0.15) is 0 Å². The van der Waals surface area contributed by atoms with E-state index in [0.29, 0.717) is 5.92 Å². The van der Waals surface area contributed by atoms with Crippen molar-refractivity contribution in [1.29, 1.82) is 0 Å². The molecule has 0 radical (unpaired) electrons. The van der Waals surface area contributed by atoms with E-state index >= 15 is 0 Å². The molecule has 1 heterocycles. The molecule has 0 spiro atoms. The predicted octanol–water partition coefficient (Wildman–Crippen LogP) is 4.25. The fourth-order valence-corrected chi connectivity index (χ4v) is 5.56. The van der Waals surface area contributed by atoms with Gasteiger partial charge in [-0.3, -0.25) is 0 Å². The van der Waals surface area contributed by atoms with Crippen LogP contribution < -0.4 is 0 Å². The van der Waals surface area contributed by atoms with E-state index in [0.717, 1.165) is 0 Å². The molecule has 1 saturated heterocycles. The average molecular weight is 244 g/mol. The number of allylic oxidation sites excluding steroid dienone is 2. The van der Waals surface area contributed by atoms with Gasteiger partial charge in [0.15, 0.2) is 0 Å². The van der Waals surface area contributed by atoms with Gasteiger partial charge in [-0.15, -0.1) is 0 Å². The number of rotatable bonds is 2. The molecule has 0 aliphatic carbocycles. The van der Waals surface area contributed by atoms with Crippen LogP contribution in [0.2, 0.25) is 13.1 Å². The molecule has 0 unspecified atom stereocenters. The summed E-state index contributed by atoms with van der Waals surface area (Å²) in [6.07, 6.45) is 4.25. The van der Waals surface area contributed by atoms with Crippen LogP contribution in [-0.4, -0.2) is 8.32 Å². The maximum atomic E-state index is 6.34. The molecule has 1 aliphatic heterocycles. The van der Waals surface area contributed by atoms with Crippen molar-refractivity contribution in [3.63, 3.8) is 0 Å². The second kappa shape index (κ2) is 4.63. The average Bonchev–Trinajstić information content (AvgIpc) is 2.54. The molecule has 1 nitrogen and oxygen atoms in total. The molecule has 90 valence electrons. The highest BCUT2D eigenvalue weighted by molar-refractivity contribution is 6.79. The van der Waals surface area contributed by atoms with Gasteiger partial charge in [0, 0.05) is 5.92 Å². The second-order valence-corrected chi connectivity index (χ2v) is 8.94. The first-order valence-corrected chi connectivity index (χ1v) is 9.03. The molecule has 2 heteroatoms. The number of hydrogen-bond donors (Lipinski definition) is 0. The lowest BCUT2D eigenvalue weighted by Gasteiger charge is -2.18. The van der Waals surface area contributed by atoms with Crippen molar-refractivity contribution < 1.29 is 4.43 Å². The fraction of sp³-hybridized carbons (Fsp3) is 0.333. The molecule has 2 atom stereocenters. The van der Waals surface area contributed by atoms with Gasteiger partial charge in [-0.25, -0.2) is 0 Å². The van der Waals surface area contributed by atoms with Gasteiger partial charge < -0.3 is 4.43 Å².